The van der Waals surface area contributed by atoms with Crippen molar-refractivity contribution in [2.24, 2.45) is 0 Å². The lowest BCUT2D eigenvalue weighted by Crippen LogP contribution is -2.20. The molecule has 0 aliphatic heterocycles. The first-order valence-electron chi connectivity index (χ1n) is 7.56. The highest BCUT2D eigenvalue weighted by Crippen LogP contribution is 2.16. The van der Waals surface area contributed by atoms with Gasteiger partial charge in [-0.2, -0.15) is 13.2 Å². The summed E-state index contributed by atoms with van der Waals surface area (Å²) in [5.74, 6) is 1.09. The summed E-state index contributed by atoms with van der Waals surface area (Å²) in [6.07, 6.45) is -1.38. The van der Waals surface area contributed by atoms with Crippen LogP contribution in [0.25, 0.3) is 6.08 Å². The molecule has 25 heavy (non-hydrogen) atoms. The molecular formula is C18H18F3NO3. The van der Waals surface area contributed by atoms with E-state index >= 15 is 0 Å². The molecule has 1 aromatic carbocycles. The van der Waals surface area contributed by atoms with E-state index in [0.29, 0.717) is 17.9 Å². The number of carbonyl (C=O) groups excluding carboxylic acids is 1. The van der Waals surface area contributed by atoms with Crippen molar-refractivity contribution in [2.45, 2.75) is 26.3 Å². The van der Waals surface area contributed by atoms with Crippen molar-refractivity contribution in [2.75, 3.05) is 6.61 Å². The first-order valence-corrected chi connectivity index (χ1v) is 7.56. The molecule has 0 unspecified atom stereocenters. The van der Waals surface area contributed by atoms with Crippen LogP contribution in [0.3, 0.4) is 0 Å². The van der Waals surface area contributed by atoms with Gasteiger partial charge in [-0.15, -0.1) is 0 Å². The summed E-state index contributed by atoms with van der Waals surface area (Å²) in [6.45, 7) is 0.739. The molecule has 1 heterocycles. The van der Waals surface area contributed by atoms with E-state index in [0.717, 1.165) is 11.3 Å². The fraction of sp³-hybridized carbons (Fsp3) is 0.278. The van der Waals surface area contributed by atoms with Crippen molar-refractivity contribution in [3.63, 3.8) is 0 Å². The Bertz CT molecular complexity index is 718. The van der Waals surface area contributed by atoms with Gasteiger partial charge in [-0.1, -0.05) is 24.3 Å². The fourth-order valence-electron chi connectivity index (χ4n) is 1.99. The number of halogens is 3. The van der Waals surface area contributed by atoms with Gasteiger partial charge in [0.2, 0.25) is 5.91 Å². The van der Waals surface area contributed by atoms with Gasteiger partial charge in [-0.3, -0.25) is 4.79 Å². The van der Waals surface area contributed by atoms with Crippen molar-refractivity contribution < 1.29 is 27.1 Å². The molecule has 0 spiro atoms. The van der Waals surface area contributed by atoms with Gasteiger partial charge in [0.1, 0.15) is 18.1 Å². The number of furan rings is 1. The average molecular weight is 353 g/mol. The van der Waals surface area contributed by atoms with Gasteiger partial charge in [0, 0.05) is 12.6 Å². The first-order chi connectivity index (χ1) is 11.8. The van der Waals surface area contributed by atoms with Crippen molar-refractivity contribution in [3.05, 3.63) is 65.1 Å². The lowest BCUT2D eigenvalue weighted by atomic mass is 10.1. The summed E-state index contributed by atoms with van der Waals surface area (Å²) in [4.78, 5) is 11.7. The molecule has 7 heteroatoms. The Kier molecular flexibility index (Phi) is 6.41. The van der Waals surface area contributed by atoms with E-state index < -0.39 is 12.8 Å². The zero-order valence-electron chi connectivity index (χ0n) is 13.6. The van der Waals surface area contributed by atoms with Crippen LogP contribution in [0.4, 0.5) is 13.2 Å². The quantitative estimate of drug-likeness (QED) is 0.766. The highest BCUT2D eigenvalue weighted by molar-refractivity contribution is 5.91. The summed E-state index contributed by atoms with van der Waals surface area (Å²) in [5.41, 5.74) is 1.46. The lowest BCUT2D eigenvalue weighted by Gasteiger charge is -2.08. The van der Waals surface area contributed by atoms with Crippen LogP contribution in [-0.4, -0.2) is 18.7 Å². The lowest BCUT2D eigenvalue weighted by molar-refractivity contribution is -0.176. The Hall–Kier alpha value is -2.54. The Labute approximate surface area is 143 Å². The predicted molar refractivity (Wildman–Crippen MR) is 86.5 cm³/mol. The Morgan fingerprint density at radius 1 is 1.16 bits per heavy atom. The summed E-state index contributed by atoms with van der Waals surface area (Å²) in [5, 5.41) is 2.71. The molecular weight excluding hydrogens is 335 g/mol. The maximum Gasteiger partial charge on any atom is 0.411 e. The van der Waals surface area contributed by atoms with Crippen molar-refractivity contribution in [1.82, 2.24) is 5.32 Å². The molecule has 134 valence electrons. The number of amides is 1. The molecule has 0 saturated carbocycles. The minimum absolute atomic E-state index is 0.114. The van der Waals surface area contributed by atoms with Gasteiger partial charge >= 0.3 is 6.18 Å². The molecule has 0 saturated heterocycles. The van der Waals surface area contributed by atoms with Crippen LogP contribution in [-0.2, 0) is 22.7 Å². The third kappa shape index (κ3) is 7.26. The van der Waals surface area contributed by atoms with Crippen LogP contribution in [0.1, 0.15) is 22.6 Å². The predicted octanol–water partition coefficient (Wildman–Crippen LogP) is 4.00. The molecule has 1 N–H and O–H groups in total. The van der Waals surface area contributed by atoms with Gasteiger partial charge in [0.25, 0.3) is 0 Å². The van der Waals surface area contributed by atoms with Gasteiger partial charge in [-0.25, -0.2) is 0 Å². The summed E-state index contributed by atoms with van der Waals surface area (Å²) in [6, 6.07) is 10.4. The number of aryl methyl sites for hydroxylation is 1. The molecule has 0 aliphatic carbocycles. The molecule has 2 aromatic rings. The zero-order chi connectivity index (χ0) is 18.3. The van der Waals surface area contributed by atoms with E-state index in [2.05, 4.69) is 10.1 Å². The number of rotatable bonds is 7. The number of ether oxygens (including phenoxy) is 1. The average Bonchev–Trinajstić information content (AvgIpc) is 2.96. The Balaban J connectivity index is 1.75. The molecule has 0 radical (unpaired) electrons. The molecule has 0 bridgehead atoms. The van der Waals surface area contributed by atoms with E-state index in [1.165, 1.54) is 6.08 Å². The van der Waals surface area contributed by atoms with Gasteiger partial charge < -0.3 is 14.5 Å². The standard InChI is InChI=1S/C18H18F3NO3/c1-13-2-7-16(25-13)8-9-17(23)22-10-14-3-5-15(6-4-14)11-24-12-18(19,20)21/h2-9H,10-12H2,1H3,(H,22,23)/b9-8+. The molecule has 1 amide bonds. The highest BCUT2D eigenvalue weighted by Gasteiger charge is 2.27. The minimum Gasteiger partial charge on any atom is -0.462 e. The van der Waals surface area contributed by atoms with Crippen LogP contribution in [0.2, 0.25) is 0 Å². The van der Waals surface area contributed by atoms with Crippen molar-refractivity contribution >= 4 is 12.0 Å². The second-order valence-electron chi connectivity index (χ2n) is 5.42. The molecule has 4 nitrogen and oxygen atoms in total. The number of benzene rings is 1. The molecule has 0 aliphatic rings. The van der Waals surface area contributed by atoms with Crippen molar-refractivity contribution in [1.29, 1.82) is 0 Å². The third-order valence-corrected chi connectivity index (χ3v) is 3.18. The number of hydrogen-bond acceptors (Lipinski definition) is 3. The Morgan fingerprint density at radius 2 is 1.84 bits per heavy atom. The number of alkyl halides is 3. The van der Waals surface area contributed by atoms with E-state index in [9.17, 15) is 18.0 Å². The van der Waals surface area contributed by atoms with E-state index in [4.69, 9.17) is 4.42 Å². The maximum absolute atomic E-state index is 12.0. The van der Waals surface area contributed by atoms with Crippen LogP contribution in [0.15, 0.2) is 46.9 Å². The fourth-order valence-corrected chi connectivity index (χ4v) is 1.99. The maximum atomic E-state index is 12.0. The summed E-state index contributed by atoms with van der Waals surface area (Å²) >= 11 is 0. The van der Waals surface area contributed by atoms with Crippen LogP contribution in [0, 0.1) is 6.92 Å². The smallest absolute Gasteiger partial charge is 0.411 e. The largest absolute Gasteiger partial charge is 0.462 e. The van der Waals surface area contributed by atoms with Gasteiger partial charge in [-0.05, 0) is 36.3 Å². The van der Waals surface area contributed by atoms with Crippen LogP contribution >= 0.6 is 0 Å². The molecule has 2 rings (SSSR count). The third-order valence-electron chi connectivity index (χ3n) is 3.18. The monoisotopic (exact) mass is 353 g/mol. The summed E-state index contributed by atoms with van der Waals surface area (Å²) < 4.78 is 45.9. The second-order valence-corrected chi connectivity index (χ2v) is 5.42. The molecule has 0 fully saturated rings. The number of hydrogen-bond donors (Lipinski definition) is 1. The van der Waals surface area contributed by atoms with Crippen LogP contribution < -0.4 is 5.32 Å². The minimum atomic E-state index is -4.33. The Morgan fingerprint density at radius 3 is 2.44 bits per heavy atom. The topological polar surface area (TPSA) is 51.5 Å². The van der Waals surface area contributed by atoms with Crippen molar-refractivity contribution in [3.8, 4) is 0 Å². The van der Waals surface area contributed by atoms with E-state index in [1.54, 1.807) is 42.5 Å². The highest BCUT2D eigenvalue weighted by atomic mass is 19.4. The SMILES string of the molecule is Cc1ccc(/C=C/C(=O)NCc2ccc(COCC(F)(F)F)cc2)o1. The summed E-state index contributed by atoms with van der Waals surface area (Å²) in [7, 11) is 0. The van der Waals surface area contributed by atoms with Crippen LogP contribution in [0.5, 0.6) is 0 Å². The van der Waals surface area contributed by atoms with Gasteiger partial charge in [0.15, 0.2) is 0 Å². The molecule has 1 aromatic heterocycles. The van der Waals surface area contributed by atoms with Gasteiger partial charge in [0.05, 0.1) is 6.61 Å². The van der Waals surface area contributed by atoms with E-state index in [-0.39, 0.29) is 12.5 Å². The zero-order valence-corrected chi connectivity index (χ0v) is 13.6. The normalized spacial score (nSPS) is 11.8. The number of carbonyl (C=O) groups is 1. The first kappa shape index (κ1) is 18.8. The second kappa shape index (κ2) is 8.53. The van der Waals surface area contributed by atoms with E-state index in [1.807, 2.05) is 6.92 Å². The molecule has 0 atom stereocenters. The number of nitrogens with one attached hydrogen (secondary N) is 1.